The molecule has 1 aliphatic carbocycles. The van der Waals surface area contributed by atoms with Gasteiger partial charge in [0, 0.05) is 92.7 Å². The number of aromatic hydroxyl groups is 1. The summed E-state index contributed by atoms with van der Waals surface area (Å²) in [6, 6.07) is 19.1. The molecule has 2 saturated heterocycles. The zero-order valence-corrected chi connectivity index (χ0v) is 42.2. The number of pyridine rings is 2. The van der Waals surface area contributed by atoms with Crippen LogP contribution in [0.2, 0.25) is 5.02 Å². The molecule has 10 rings (SSSR count). The third kappa shape index (κ3) is 10.0. The number of nitrogens with one attached hydrogen (secondary N) is 1. The van der Waals surface area contributed by atoms with E-state index in [2.05, 4.69) is 48.2 Å². The first kappa shape index (κ1) is 49.5. The lowest BCUT2D eigenvalue weighted by atomic mass is 9.86. The molecule has 1 atom stereocenters. The number of aromatic nitrogens is 4. The average Bonchev–Trinajstić information content (AvgIpc) is 3.77. The van der Waals surface area contributed by atoms with Crippen LogP contribution in [0, 0.1) is 17.2 Å². The molecule has 72 heavy (non-hydrogen) atoms. The van der Waals surface area contributed by atoms with Crippen molar-refractivity contribution in [2.24, 2.45) is 5.92 Å². The van der Waals surface area contributed by atoms with Gasteiger partial charge in [0.1, 0.15) is 18.4 Å². The van der Waals surface area contributed by atoms with Crippen LogP contribution >= 0.6 is 11.6 Å². The van der Waals surface area contributed by atoms with Crippen LogP contribution in [0.1, 0.15) is 122 Å². The van der Waals surface area contributed by atoms with Crippen molar-refractivity contribution >= 4 is 45.9 Å². The fraction of sp³-hybridized carbons (Fsp3) is 0.509. The molecule has 16 nitrogen and oxygen atoms in total. The number of piperazine rings is 1. The molecule has 0 radical (unpaired) electrons. The second-order valence-electron chi connectivity index (χ2n) is 20.6. The number of hydrogen-bond donors (Lipinski definition) is 3. The SMILES string of the molecule is CC[C@@]1(O)C(=O)OCc2c1cc1n(c2=O)Cc2cc3c(CN4CCN(CCCCCCC5CCN(c6ccc(C(=O)NC7CCC(N(C)c8ccc(C#N)c(Cl)c8)CC7)nn6)CC5)CC4)c(O)ccc3nc2-1. The molecular weight excluding hydrogens is 932 g/mol. The van der Waals surface area contributed by atoms with Gasteiger partial charge >= 0.3 is 5.97 Å². The van der Waals surface area contributed by atoms with Crippen molar-refractivity contribution in [2.75, 3.05) is 62.7 Å². The number of carbonyl (C=O) groups is 2. The van der Waals surface area contributed by atoms with Crippen molar-refractivity contribution in [3.63, 3.8) is 0 Å². The first-order valence-corrected chi connectivity index (χ1v) is 26.4. The van der Waals surface area contributed by atoms with E-state index in [1.165, 1.54) is 32.1 Å². The van der Waals surface area contributed by atoms with Crippen molar-refractivity contribution in [3.8, 4) is 23.2 Å². The number of nitriles is 1. The zero-order valence-electron chi connectivity index (χ0n) is 41.4. The number of piperidine rings is 1. The molecule has 3 fully saturated rings. The Bertz CT molecular complexity index is 2940. The van der Waals surface area contributed by atoms with Crippen LogP contribution in [0.25, 0.3) is 22.3 Å². The molecule has 0 bridgehead atoms. The minimum atomic E-state index is -1.88. The molecule has 0 unspecified atom stereocenters. The number of benzene rings is 2. The monoisotopic (exact) mass is 996 g/mol. The van der Waals surface area contributed by atoms with Crippen LogP contribution in [-0.4, -0.2) is 117 Å². The van der Waals surface area contributed by atoms with Crippen molar-refractivity contribution in [1.82, 2.24) is 34.9 Å². The Labute approximate surface area is 425 Å². The number of aliphatic hydroxyl groups is 1. The number of amides is 1. The Morgan fingerprint density at radius 2 is 1.69 bits per heavy atom. The van der Waals surface area contributed by atoms with Crippen LogP contribution in [0.4, 0.5) is 11.5 Å². The first-order chi connectivity index (χ1) is 34.9. The molecule has 17 heteroatoms. The maximum atomic E-state index is 13.7. The molecule has 7 heterocycles. The van der Waals surface area contributed by atoms with E-state index in [4.69, 9.17) is 21.3 Å². The summed E-state index contributed by atoms with van der Waals surface area (Å²) < 4.78 is 6.87. The van der Waals surface area contributed by atoms with Crippen LogP contribution in [0.3, 0.4) is 0 Å². The minimum Gasteiger partial charge on any atom is -0.508 e. The quantitative estimate of drug-likeness (QED) is 0.0688. The maximum absolute atomic E-state index is 13.7. The fourth-order valence-corrected chi connectivity index (χ4v) is 12.0. The van der Waals surface area contributed by atoms with Gasteiger partial charge in [0.15, 0.2) is 17.1 Å². The second kappa shape index (κ2) is 21.2. The van der Waals surface area contributed by atoms with Crippen molar-refractivity contribution in [1.29, 1.82) is 5.26 Å². The number of fused-ring (bicyclic) bond motifs is 5. The second-order valence-corrected chi connectivity index (χ2v) is 21.0. The van der Waals surface area contributed by atoms with E-state index in [0.717, 1.165) is 124 Å². The third-order valence-corrected chi connectivity index (χ3v) is 16.7. The molecule has 378 valence electrons. The summed E-state index contributed by atoms with van der Waals surface area (Å²) in [7, 11) is 2.06. The highest BCUT2D eigenvalue weighted by Crippen LogP contribution is 2.40. The summed E-state index contributed by atoms with van der Waals surface area (Å²) in [6.45, 7) is 9.22. The molecule has 5 aromatic rings. The van der Waals surface area contributed by atoms with Gasteiger partial charge in [-0.2, -0.15) is 5.26 Å². The summed E-state index contributed by atoms with van der Waals surface area (Å²) in [5, 5.41) is 44.9. The number of anilines is 2. The number of unbranched alkanes of at least 4 members (excludes halogenated alkanes) is 3. The Morgan fingerprint density at radius 1 is 0.931 bits per heavy atom. The number of ether oxygens (including phenoxy) is 1. The molecular formula is C55H65ClN10O6. The number of rotatable bonds is 15. The smallest absolute Gasteiger partial charge is 0.343 e. The van der Waals surface area contributed by atoms with E-state index < -0.39 is 11.6 Å². The van der Waals surface area contributed by atoms with E-state index >= 15 is 0 Å². The van der Waals surface area contributed by atoms with E-state index in [9.17, 15) is 29.9 Å². The van der Waals surface area contributed by atoms with Crippen LogP contribution in [0.15, 0.2) is 59.4 Å². The average molecular weight is 998 g/mol. The Morgan fingerprint density at radius 3 is 2.42 bits per heavy atom. The topological polar surface area (TPSA) is 193 Å². The molecule has 1 amide bonds. The van der Waals surface area contributed by atoms with Gasteiger partial charge in [-0.05, 0) is 118 Å². The summed E-state index contributed by atoms with van der Waals surface area (Å²) >= 11 is 6.28. The number of nitrogens with zero attached hydrogens (tertiary/aromatic N) is 9. The Hall–Kier alpha value is -6.12. The van der Waals surface area contributed by atoms with Crippen molar-refractivity contribution in [2.45, 2.75) is 121 Å². The molecule has 3 N–H and O–H groups in total. The van der Waals surface area contributed by atoms with Gasteiger partial charge in [-0.25, -0.2) is 9.78 Å². The van der Waals surface area contributed by atoms with E-state index in [-0.39, 0.29) is 36.3 Å². The van der Waals surface area contributed by atoms with Gasteiger partial charge in [-0.15, -0.1) is 10.2 Å². The highest BCUT2D eigenvalue weighted by molar-refractivity contribution is 6.32. The lowest BCUT2D eigenvalue weighted by Gasteiger charge is -2.36. The van der Waals surface area contributed by atoms with Crippen molar-refractivity contribution in [3.05, 3.63) is 103 Å². The number of phenols is 1. The largest absolute Gasteiger partial charge is 0.508 e. The van der Waals surface area contributed by atoms with Gasteiger partial charge in [0.05, 0.1) is 39.6 Å². The van der Waals surface area contributed by atoms with Gasteiger partial charge in [0.2, 0.25) is 0 Å². The molecule has 3 aromatic heterocycles. The summed E-state index contributed by atoms with van der Waals surface area (Å²) in [5.41, 5.74) is 3.88. The van der Waals surface area contributed by atoms with Crippen LogP contribution < -0.4 is 20.7 Å². The fourth-order valence-electron chi connectivity index (χ4n) is 11.7. The zero-order chi connectivity index (χ0) is 50.1. The van der Waals surface area contributed by atoms with Gasteiger partial charge < -0.3 is 39.5 Å². The molecule has 5 aliphatic rings. The van der Waals surface area contributed by atoms with E-state index in [1.54, 1.807) is 35.8 Å². The predicted octanol–water partition coefficient (Wildman–Crippen LogP) is 7.26. The summed E-state index contributed by atoms with van der Waals surface area (Å²) in [4.78, 5) is 53.9. The first-order valence-electron chi connectivity index (χ1n) is 26.0. The lowest BCUT2D eigenvalue weighted by molar-refractivity contribution is -0.172. The molecule has 1 saturated carbocycles. The van der Waals surface area contributed by atoms with Gasteiger partial charge in [-0.1, -0.05) is 44.2 Å². The number of carbonyl (C=O) groups excluding carboxylic acids is 2. The third-order valence-electron chi connectivity index (χ3n) is 16.3. The number of phenolic OH excluding ortho intramolecular Hbond substituents is 1. The van der Waals surface area contributed by atoms with E-state index in [1.807, 2.05) is 30.3 Å². The molecule has 2 aromatic carbocycles. The lowest BCUT2D eigenvalue weighted by Crippen LogP contribution is -2.46. The highest BCUT2D eigenvalue weighted by Gasteiger charge is 2.45. The van der Waals surface area contributed by atoms with Crippen molar-refractivity contribution < 1.29 is 24.5 Å². The number of cyclic esters (lactones) is 1. The maximum Gasteiger partial charge on any atom is 0.343 e. The number of hydrogen-bond acceptors (Lipinski definition) is 14. The normalized spacial score (nSPS) is 21.4. The number of halogens is 1. The standard InChI is InChI=1S/C55H65ClN10O6/c1-3-55(71)44-30-48-51-37(32-66(48)53(69)43(44)34-72-54(55)70)28-41-42(49(67)17-15-46(41)59-51)33-64-26-24-63(25-27-64)21-7-5-4-6-8-35-19-22-65(23-20-35)50-18-16-47(60-61-50)52(68)58-38-10-13-39(14-11-38)62(2)40-12-9-36(31-57)45(56)29-40/h9,12,15-18,28-30,35,38-39,67,71H,3-8,10-11,13-14,19-27,32-34H2,1-2H3,(H,58,68)/t38?,39?,55-/m0/s1. The van der Waals surface area contributed by atoms with Gasteiger partial charge in [-0.3, -0.25) is 14.5 Å². The van der Waals surface area contributed by atoms with Crippen LogP contribution in [-0.2, 0) is 34.8 Å². The minimum absolute atomic E-state index is 0.0880. The Balaban J connectivity index is 0.615. The highest BCUT2D eigenvalue weighted by atomic mass is 35.5. The summed E-state index contributed by atoms with van der Waals surface area (Å²) in [6.07, 6.45) is 12.2. The predicted molar refractivity (Wildman–Crippen MR) is 276 cm³/mol. The molecule has 0 spiro atoms. The number of esters is 1. The summed E-state index contributed by atoms with van der Waals surface area (Å²) in [5.74, 6) is 0.870. The Kier molecular flexibility index (Phi) is 14.5. The van der Waals surface area contributed by atoms with Crippen LogP contribution in [0.5, 0.6) is 5.75 Å². The molecule has 4 aliphatic heterocycles. The van der Waals surface area contributed by atoms with Gasteiger partial charge in [0.25, 0.3) is 11.5 Å². The van der Waals surface area contributed by atoms with E-state index in [0.29, 0.717) is 57.9 Å².